The third-order valence-electron chi connectivity index (χ3n) is 3.49. The van der Waals surface area contributed by atoms with Crippen molar-refractivity contribution in [2.75, 3.05) is 6.61 Å². The second-order valence-electron chi connectivity index (χ2n) is 5.22. The molecule has 0 saturated carbocycles. The van der Waals surface area contributed by atoms with Gasteiger partial charge < -0.3 is 40.1 Å². The molecule has 5 atom stereocenters. The highest BCUT2D eigenvalue weighted by Gasteiger charge is 2.45. The lowest BCUT2D eigenvalue weighted by molar-refractivity contribution is -0.291. The lowest BCUT2D eigenvalue weighted by atomic mass is 9.99. The van der Waals surface area contributed by atoms with Crippen LogP contribution in [0, 0.1) is 0 Å². The van der Waals surface area contributed by atoms with Gasteiger partial charge in [0.25, 0.3) is 0 Å². The van der Waals surface area contributed by atoms with Gasteiger partial charge in [-0.1, -0.05) is 6.07 Å². The zero-order chi connectivity index (χ0) is 17.9. The maximum atomic E-state index is 11.7. The van der Waals surface area contributed by atoms with Crippen LogP contribution in [0.3, 0.4) is 0 Å². The number of aliphatic hydroxyl groups excluding tert-OH is 4. The number of aromatic hydroxyl groups is 2. The van der Waals surface area contributed by atoms with Crippen LogP contribution in [0.25, 0.3) is 6.08 Å². The Labute approximate surface area is 136 Å². The summed E-state index contributed by atoms with van der Waals surface area (Å²) in [6, 6.07) is 3.89. The average Bonchev–Trinajstić information content (AvgIpc) is 2.56. The molecule has 132 valence electrons. The lowest BCUT2D eigenvalue weighted by Gasteiger charge is -2.38. The van der Waals surface area contributed by atoms with Crippen LogP contribution in [0.5, 0.6) is 11.5 Å². The Balaban J connectivity index is 2.00. The molecule has 1 aliphatic rings. The molecule has 1 aromatic rings. The second kappa shape index (κ2) is 7.60. The van der Waals surface area contributed by atoms with Crippen LogP contribution in [-0.4, -0.2) is 73.9 Å². The summed E-state index contributed by atoms with van der Waals surface area (Å²) in [7, 11) is 0. The lowest BCUT2D eigenvalue weighted by Crippen LogP contribution is -2.59. The van der Waals surface area contributed by atoms with Gasteiger partial charge in [0.05, 0.1) is 6.61 Å². The van der Waals surface area contributed by atoms with Crippen LogP contribution >= 0.6 is 0 Å². The van der Waals surface area contributed by atoms with Crippen LogP contribution < -0.4 is 0 Å². The van der Waals surface area contributed by atoms with Crippen LogP contribution in [0.15, 0.2) is 24.3 Å². The molecule has 1 heterocycles. The van der Waals surface area contributed by atoms with E-state index in [1.165, 1.54) is 24.3 Å². The summed E-state index contributed by atoms with van der Waals surface area (Å²) >= 11 is 0. The molecule has 2 rings (SSSR count). The summed E-state index contributed by atoms with van der Waals surface area (Å²) in [5.41, 5.74) is 0.399. The fourth-order valence-electron chi connectivity index (χ4n) is 2.13. The van der Waals surface area contributed by atoms with Gasteiger partial charge in [0, 0.05) is 6.08 Å². The monoisotopic (exact) mass is 342 g/mol. The minimum absolute atomic E-state index is 0.309. The number of phenols is 2. The maximum absolute atomic E-state index is 11.7. The van der Waals surface area contributed by atoms with E-state index < -0.39 is 43.3 Å². The Hall–Kier alpha value is -2.17. The van der Waals surface area contributed by atoms with Crippen molar-refractivity contribution in [3.8, 4) is 11.5 Å². The molecule has 0 radical (unpaired) electrons. The molecular weight excluding hydrogens is 324 g/mol. The van der Waals surface area contributed by atoms with Crippen LogP contribution in [0.4, 0.5) is 0 Å². The first kappa shape index (κ1) is 18.2. The van der Waals surface area contributed by atoms with Crippen molar-refractivity contribution in [3.63, 3.8) is 0 Å². The predicted molar refractivity (Wildman–Crippen MR) is 78.7 cm³/mol. The van der Waals surface area contributed by atoms with E-state index in [1.54, 1.807) is 0 Å². The Morgan fingerprint density at radius 2 is 1.83 bits per heavy atom. The first-order valence-electron chi connectivity index (χ1n) is 7.04. The number of benzene rings is 1. The number of esters is 1. The van der Waals surface area contributed by atoms with Gasteiger partial charge in [-0.25, -0.2) is 4.79 Å². The zero-order valence-corrected chi connectivity index (χ0v) is 12.4. The summed E-state index contributed by atoms with van der Waals surface area (Å²) in [4.78, 5) is 11.7. The molecule has 6 N–H and O–H groups in total. The molecule has 1 aliphatic heterocycles. The smallest absolute Gasteiger partial charge is 0.333 e. The van der Waals surface area contributed by atoms with Crippen LogP contribution in [0.2, 0.25) is 0 Å². The zero-order valence-electron chi connectivity index (χ0n) is 12.4. The summed E-state index contributed by atoms with van der Waals surface area (Å²) < 4.78 is 9.87. The van der Waals surface area contributed by atoms with E-state index in [0.29, 0.717) is 5.56 Å². The van der Waals surface area contributed by atoms with Crippen molar-refractivity contribution in [1.82, 2.24) is 0 Å². The Bertz CT molecular complexity index is 613. The van der Waals surface area contributed by atoms with Gasteiger partial charge in [-0.2, -0.15) is 0 Å². The number of carbonyl (C=O) groups is 1. The van der Waals surface area contributed by atoms with Gasteiger partial charge in [0.2, 0.25) is 6.29 Å². The minimum atomic E-state index is -1.68. The number of ether oxygens (including phenoxy) is 2. The molecule has 24 heavy (non-hydrogen) atoms. The molecule has 0 aromatic heterocycles. The SMILES string of the molecule is O=C(C=Cc1ccc(O)c(O)c1)O[C@@H]1OC(CO)[C@@H](O)[C@@H](O)C1O. The van der Waals surface area contributed by atoms with Gasteiger partial charge in [-0.05, 0) is 23.8 Å². The Kier molecular flexibility index (Phi) is 5.75. The first-order chi connectivity index (χ1) is 11.3. The van der Waals surface area contributed by atoms with Crippen LogP contribution in [0.1, 0.15) is 5.56 Å². The molecule has 1 fully saturated rings. The van der Waals surface area contributed by atoms with E-state index in [0.717, 1.165) is 6.08 Å². The molecule has 2 unspecified atom stereocenters. The van der Waals surface area contributed by atoms with Crippen molar-refractivity contribution in [2.24, 2.45) is 0 Å². The molecule has 0 bridgehead atoms. The molecule has 9 heteroatoms. The maximum Gasteiger partial charge on any atom is 0.333 e. The van der Waals surface area contributed by atoms with Gasteiger partial charge in [-0.3, -0.25) is 0 Å². The van der Waals surface area contributed by atoms with Crippen molar-refractivity contribution in [3.05, 3.63) is 29.8 Å². The second-order valence-corrected chi connectivity index (χ2v) is 5.22. The van der Waals surface area contributed by atoms with E-state index in [1.807, 2.05) is 0 Å². The summed E-state index contributed by atoms with van der Waals surface area (Å²) in [5, 5.41) is 56.5. The normalized spacial score (nSPS) is 30.4. The van der Waals surface area contributed by atoms with Gasteiger partial charge in [-0.15, -0.1) is 0 Å². The highest BCUT2D eigenvalue weighted by atomic mass is 16.7. The number of hydrogen-bond donors (Lipinski definition) is 6. The summed E-state index contributed by atoms with van der Waals surface area (Å²) in [5.74, 6) is -1.60. The highest BCUT2D eigenvalue weighted by molar-refractivity contribution is 5.87. The first-order valence-corrected chi connectivity index (χ1v) is 7.04. The molecular formula is C15H18O9. The molecule has 1 aromatic carbocycles. The van der Waals surface area contributed by atoms with Gasteiger partial charge >= 0.3 is 5.97 Å². The van der Waals surface area contributed by atoms with E-state index in [9.17, 15) is 30.3 Å². The quantitative estimate of drug-likeness (QED) is 0.217. The molecule has 9 nitrogen and oxygen atoms in total. The Morgan fingerprint density at radius 1 is 1.12 bits per heavy atom. The van der Waals surface area contributed by atoms with Crippen molar-refractivity contribution >= 4 is 12.0 Å². The van der Waals surface area contributed by atoms with E-state index in [-0.39, 0.29) is 11.5 Å². The van der Waals surface area contributed by atoms with Crippen molar-refractivity contribution in [2.45, 2.75) is 30.7 Å². The number of hydrogen-bond acceptors (Lipinski definition) is 9. The minimum Gasteiger partial charge on any atom is -0.504 e. The fourth-order valence-corrected chi connectivity index (χ4v) is 2.13. The molecule has 0 amide bonds. The van der Waals surface area contributed by atoms with Crippen LogP contribution in [-0.2, 0) is 14.3 Å². The average molecular weight is 342 g/mol. The number of aliphatic hydroxyl groups is 4. The van der Waals surface area contributed by atoms with E-state index in [2.05, 4.69) is 0 Å². The number of carbonyl (C=O) groups excluding carboxylic acids is 1. The molecule has 0 aliphatic carbocycles. The van der Waals surface area contributed by atoms with Gasteiger partial charge in [0.1, 0.15) is 24.4 Å². The van der Waals surface area contributed by atoms with E-state index in [4.69, 9.17) is 14.6 Å². The number of phenolic OH excluding ortho intramolecular Hbond substituents is 2. The highest BCUT2D eigenvalue weighted by Crippen LogP contribution is 2.25. The standard InChI is InChI=1S/C15H18O9/c16-6-10-12(20)13(21)14(22)15(23-10)24-11(19)4-2-7-1-3-8(17)9(18)5-7/h1-5,10,12-18,20-22H,6H2/t10?,12-,13-,14?,15+/m1/s1. The fraction of sp³-hybridized carbons (Fsp3) is 0.400. The van der Waals surface area contributed by atoms with Crippen molar-refractivity contribution in [1.29, 1.82) is 0 Å². The third kappa shape index (κ3) is 4.02. The summed E-state index contributed by atoms with van der Waals surface area (Å²) in [6.45, 7) is -0.637. The van der Waals surface area contributed by atoms with E-state index >= 15 is 0 Å². The molecule has 0 spiro atoms. The topological polar surface area (TPSA) is 157 Å². The largest absolute Gasteiger partial charge is 0.504 e. The van der Waals surface area contributed by atoms with Gasteiger partial charge in [0.15, 0.2) is 11.5 Å². The van der Waals surface area contributed by atoms with Crippen molar-refractivity contribution < 1.29 is 44.9 Å². The predicted octanol–water partition coefficient (Wildman–Crippen LogP) is -1.55. The number of rotatable bonds is 4. The molecule has 1 saturated heterocycles. The third-order valence-corrected chi connectivity index (χ3v) is 3.49. The Morgan fingerprint density at radius 3 is 2.46 bits per heavy atom. The summed E-state index contributed by atoms with van der Waals surface area (Å²) in [6.07, 6.45) is -5.36.